The zero-order valence-corrected chi connectivity index (χ0v) is 32.6. The van der Waals surface area contributed by atoms with Crippen molar-refractivity contribution in [2.24, 2.45) is 0 Å². The third-order valence-electron chi connectivity index (χ3n) is 11.4. The number of aliphatic hydroxyl groups is 1. The maximum Gasteiger partial charge on any atom is 0.340 e. The number of hydrogen-bond acceptors (Lipinski definition) is 26. The van der Waals surface area contributed by atoms with Crippen molar-refractivity contribution in [1.29, 1.82) is 0 Å². The second kappa shape index (κ2) is 14.2. The van der Waals surface area contributed by atoms with Crippen molar-refractivity contribution in [3.8, 4) is 120 Å². The Hall–Kier alpha value is -9.59. The fourth-order valence-electron chi connectivity index (χ4n) is 8.39. The summed E-state index contributed by atoms with van der Waals surface area (Å²) < 4.78 is 27.8. The van der Waals surface area contributed by atoms with Gasteiger partial charge >= 0.3 is 29.8 Å². The van der Waals surface area contributed by atoms with Crippen LogP contribution in [0.3, 0.4) is 0 Å². The largest absolute Gasteiger partial charge is 0.504 e. The van der Waals surface area contributed by atoms with Crippen LogP contribution in [0.15, 0.2) is 18.2 Å². The number of ether oxygens (including phenoxy) is 5. The van der Waals surface area contributed by atoms with Crippen LogP contribution in [0, 0.1) is 0 Å². The average Bonchev–Trinajstić information content (AvgIpc) is 3.30. The molecule has 0 saturated heterocycles. The van der Waals surface area contributed by atoms with Gasteiger partial charge in [0.2, 0.25) is 28.7 Å². The van der Waals surface area contributed by atoms with Crippen molar-refractivity contribution in [1.82, 2.24) is 0 Å². The van der Waals surface area contributed by atoms with Crippen LogP contribution in [0.4, 0.5) is 0 Å². The van der Waals surface area contributed by atoms with E-state index in [9.17, 15) is 106 Å². The molecule has 0 radical (unpaired) electrons. The van der Waals surface area contributed by atoms with Crippen LogP contribution in [-0.2, 0) is 23.7 Å². The van der Waals surface area contributed by atoms with Crippen LogP contribution in [-0.4, -0.2) is 143 Å². The number of cyclic esters (lactones) is 1. The van der Waals surface area contributed by atoms with E-state index in [1.807, 2.05) is 0 Å². The highest BCUT2D eigenvalue weighted by Gasteiger charge is 2.55. The van der Waals surface area contributed by atoms with Gasteiger partial charge in [0.05, 0.1) is 27.8 Å². The van der Waals surface area contributed by atoms with Crippen LogP contribution in [0.5, 0.6) is 86.2 Å². The molecule has 16 N–H and O–H groups in total. The summed E-state index contributed by atoms with van der Waals surface area (Å²) in [5, 5.41) is 177. The Morgan fingerprint density at radius 3 is 1.21 bits per heavy atom. The standard InChI is InChI=1S/C41H26O26/c42-8-1-5-12(24(48)21(8)45)13-6(2-9(43)22(46)25(13)49)39(60)65-34-11(4-63-37(5)58)64-38(59)7-3-10(44)23(47)26(50)14(7)15-18-16(28(52)32(56)27(15)51)17-19-20(30(54)33(57)29(17)53)31(55)35(66-41(19)62)36(34)67-40(18)61/h1-3,11,31,34-36,42-57H,4H2/t11-,31+,34+,35-,36+/m0/s1. The third-order valence-corrected chi connectivity index (χ3v) is 11.4. The number of carbonyl (C=O) groups excluding carboxylic acids is 5. The first-order valence-electron chi connectivity index (χ1n) is 18.6. The number of rotatable bonds is 0. The average molecular weight is 935 g/mol. The molecule has 26 heteroatoms. The number of aliphatic hydroxyl groups excluding tert-OH is 1. The number of fused-ring (bicyclic) bond motifs is 7. The lowest BCUT2D eigenvalue weighted by molar-refractivity contribution is -0.154. The monoisotopic (exact) mass is 934 g/mol. The summed E-state index contributed by atoms with van der Waals surface area (Å²) in [5.41, 5.74) is -14.9. The molecule has 5 heterocycles. The molecule has 0 spiro atoms. The first-order valence-corrected chi connectivity index (χ1v) is 18.6. The summed E-state index contributed by atoms with van der Waals surface area (Å²) in [6, 6.07) is 1.07. The first-order chi connectivity index (χ1) is 31.5. The van der Waals surface area contributed by atoms with E-state index in [0.29, 0.717) is 18.2 Å². The molecule has 5 aromatic rings. The lowest BCUT2D eigenvalue weighted by Crippen LogP contribution is -2.56. The highest BCUT2D eigenvalue weighted by atomic mass is 16.6. The molecular formula is C41H26O26. The van der Waals surface area contributed by atoms with Crippen molar-refractivity contribution in [3.63, 3.8) is 0 Å². The van der Waals surface area contributed by atoms with Gasteiger partial charge in [-0.2, -0.15) is 0 Å². The van der Waals surface area contributed by atoms with Gasteiger partial charge in [0.25, 0.3) is 0 Å². The number of hydrogen-bond donors (Lipinski definition) is 16. The van der Waals surface area contributed by atoms with E-state index in [4.69, 9.17) is 23.7 Å². The molecule has 0 amide bonds. The summed E-state index contributed by atoms with van der Waals surface area (Å²) in [7, 11) is 0. The number of esters is 5. The number of phenols is 15. The highest BCUT2D eigenvalue weighted by Crippen LogP contribution is 2.62. The summed E-state index contributed by atoms with van der Waals surface area (Å²) in [6.45, 7) is -1.51. The van der Waals surface area contributed by atoms with Crippen LogP contribution >= 0.6 is 0 Å². The Kier molecular flexibility index (Phi) is 9.05. The molecule has 0 aromatic heterocycles. The lowest BCUT2D eigenvalue weighted by Gasteiger charge is -2.40. The Morgan fingerprint density at radius 2 is 0.701 bits per heavy atom. The minimum atomic E-state index is -2.79. The molecule has 5 atom stereocenters. The normalized spacial score (nSPS) is 20.6. The van der Waals surface area contributed by atoms with E-state index in [1.165, 1.54) is 0 Å². The van der Waals surface area contributed by atoms with Gasteiger partial charge in [-0.15, -0.1) is 0 Å². The topological polar surface area (TPSA) is 455 Å². The summed E-state index contributed by atoms with van der Waals surface area (Å²) >= 11 is 0. The van der Waals surface area contributed by atoms with Gasteiger partial charge in [0.1, 0.15) is 12.7 Å². The van der Waals surface area contributed by atoms with Crippen molar-refractivity contribution in [2.45, 2.75) is 30.5 Å². The Balaban J connectivity index is 1.44. The molecule has 26 nitrogen and oxygen atoms in total. The molecule has 5 aliphatic heterocycles. The predicted octanol–water partition coefficient (Wildman–Crippen LogP) is 1.32. The minimum Gasteiger partial charge on any atom is -0.504 e. The van der Waals surface area contributed by atoms with Crippen molar-refractivity contribution < 1.29 is 129 Å². The molecule has 346 valence electrons. The van der Waals surface area contributed by atoms with Gasteiger partial charge in [-0.25, -0.2) is 24.0 Å². The van der Waals surface area contributed by atoms with Crippen LogP contribution in [0.1, 0.15) is 63.5 Å². The molecule has 6 bridgehead atoms. The Morgan fingerprint density at radius 1 is 0.343 bits per heavy atom. The van der Waals surface area contributed by atoms with Crippen molar-refractivity contribution in [3.05, 3.63) is 51.6 Å². The fourth-order valence-corrected chi connectivity index (χ4v) is 8.39. The van der Waals surface area contributed by atoms with E-state index in [2.05, 4.69) is 0 Å². The number of aromatic hydroxyl groups is 15. The Bertz CT molecular complexity index is 3190. The zero-order chi connectivity index (χ0) is 48.7. The zero-order valence-electron chi connectivity index (χ0n) is 32.6. The molecule has 5 aliphatic rings. The molecule has 0 fully saturated rings. The third kappa shape index (κ3) is 5.68. The minimum absolute atomic E-state index is 0.323. The lowest BCUT2D eigenvalue weighted by atomic mass is 9.80. The van der Waals surface area contributed by atoms with E-state index in [0.717, 1.165) is 0 Å². The van der Waals surface area contributed by atoms with Crippen LogP contribution < -0.4 is 0 Å². The Labute approximate surface area is 367 Å². The quantitative estimate of drug-likeness (QED) is 0.0591. The number of benzene rings is 5. The molecule has 67 heavy (non-hydrogen) atoms. The van der Waals surface area contributed by atoms with Crippen molar-refractivity contribution in [2.75, 3.05) is 6.61 Å². The molecule has 0 aliphatic carbocycles. The summed E-state index contributed by atoms with van der Waals surface area (Å²) in [6.07, 6.45) is -13.4. The van der Waals surface area contributed by atoms with E-state index in [1.54, 1.807) is 0 Å². The SMILES string of the molecule is O=C1OC[C@@H]2OC(=O)c3cc(O)c(O)c(O)c3-c3c(O)c(O)c(O)c4c3C(=O)O[C@@H]([C@H]3OC(=O)c5c-4c(O)c(O)c(O)c5[C@H]3O)[C@@H]2OC(=O)c2cc(O)c(O)c(O)c2-c2c1cc(O)c(O)c2O. The summed E-state index contributed by atoms with van der Waals surface area (Å²) in [5.74, 6) is -32.1. The maximum atomic E-state index is 15.0. The summed E-state index contributed by atoms with van der Waals surface area (Å²) in [4.78, 5) is 72.4. The predicted molar refractivity (Wildman–Crippen MR) is 206 cm³/mol. The smallest absolute Gasteiger partial charge is 0.340 e. The molecule has 0 unspecified atom stereocenters. The maximum absolute atomic E-state index is 15.0. The van der Waals surface area contributed by atoms with Gasteiger partial charge in [-0.1, -0.05) is 0 Å². The van der Waals surface area contributed by atoms with E-state index >= 15 is 0 Å². The second-order valence-electron chi connectivity index (χ2n) is 15.0. The second-order valence-corrected chi connectivity index (χ2v) is 15.0. The fraction of sp³-hybridized carbons (Fsp3) is 0.146. The molecule has 5 aromatic carbocycles. The number of phenolic OH excluding ortho intramolecular Hbond substituents is 15. The molecule has 0 saturated carbocycles. The van der Waals surface area contributed by atoms with Gasteiger partial charge in [-0.05, 0) is 18.2 Å². The van der Waals surface area contributed by atoms with E-state index < -0.39 is 220 Å². The van der Waals surface area contributed by atoms with E-state index in [-0.39, 0.29) is 0 Å². The van der Waals surface area contributed by atoms with Gasteiger partial charge in [-0.3, -0.25) is 0 Å². The number of carbonyl (C=O) groups is 5. The van der Waals surface area contributed by atoms with Crippen LogP contribution in [0.25, 0.3) is 33.4 Å². The molecule has 10 rings (SSSR count). The van der Waals surface area contributed by atoms with Gasteiger partial charge in [0.15, 0.2) is 81.9 Å². The van der Waals surface area contributed by atoms with Crippen LogP contribution in [0.2, 0.25) is 0 Å². The highest BCUT2D eigenvalue weighted by molar-refractivity contribution is 6.16. The molecular weight excluding hydrogens is 908 g/mol. The van der Waals surface area contributed by atoms with Gasteiger partial charge < -0.3 is 105 Å². The van der Waals surface area contributed by atoms with Gasteiger partial charge in [0, 0.05) is 38.9 Å². The first kappa shape index (κ1) is 42.7. The van der Waals surface area contributed by atoms with Crippen molar-refractivity contribution >= 4 is 29.8 Å².